The van der Waals surface area contributed by atoms with Gasteiger partial charge in [0.25, 0.3) is 0 Å². The van der Waals surface area contributed by atoms with Crippen molar-refractivity contribution in [3.05, 3.63) is 34.9 Å². The number of hydrogen-bond acceptors (Lipinski definition) is 5. The van der Waals surface area contributed by atoms with Crippen molar-refractivity contribution in [2.24, 2.45) is 0 Å². The Labute approximate surface area is 157 Å². The zero-order chi connectivity index (χ0) is 13.7. The van der Waals surface area contributed by atoms with Gasteiger partial charge in [0.15, 0.2) is 0 Å². The van der Waals surface area contributed by atoms with E-state index in [0.29, 0.717) is 10.6 Å². The van der Waals surface area contributed by atoms with Gasteiger partial charge in [0.1, 0.15) is 6.10 Å². The molecule has 2 unspecified atom stereocenters. The smallest absolute Gasteiger partial charge is 0.547 e. The monoisotopic (exact) mass is 311 g/mol. The van der Waals surface area contributed by atoms with E-state index in [1.54, 1.807) is 12.1 Å². The molecule has 0 aliphatic rings. The van der Waals surface area contributed by atoms with Crippen molar-refractivity contribution in [2.45, 2.75) is 12.1 Å². The SMILES string of the molecule is O=C(O)CNC(c1cccc(Cl)c1)C(O)C(=O)[O-].[K+]. The molecule has 0 bridgehead atoms. The fraction of sp³-hybridized carbons (Fsp3) is 0.273. The molecule has 1 aromatic carbocycles. The maximum Gasteiger partial charge on any atom is 1.00 e. The zero-order valence-electron chi connectivity index (χ0n) is 10.2. The number of carbonyl (C=O) groups is 2. The first-order valence-electron chi connectivity index (χ1n) is 5.01. The van der Waals surface area contributed by atoms with Crippen LogP contribution < -0.4 is 61.8 Å². The van der Waals surface area contributed by atoms with Crippen LogP contribution >= 0.6 is 11.6 Å². The van der Waals surface area contributed by atoms with Gasteiger partial charge in [-0.15, -0.1) is 0 Å². The Morgan fingerprint density at radius 2 is 2.05 bits per heavy atom. The minimum atomic E-state index is -1.87. The molecule has 6 nitrogen and oxygen atoms in total. The number of rotatable bonds is 6. The molecule has 0 heterocycles. The normalized spacial score (nSPS) is 13.2. The second-order valence-corrected chi connectivity index (χ2v) is 4.01. The standard InChI is InChI=1S/C11H12ClNO5.K/c12-7-3-1-2-6(4-7)9(10(16)11(17)18)13-5-8(14)15;/h1-4,9-10,13,16H,5H2,(H,14,15)(H,17,18);/q;+1/p-1. The van der Waals surface area contributed by atoms with E-state index in [0.717, 1.165) is 0 Å². The maximum atomic E-state index is 10.7. The number of halogens is 1. The Balaban J connectivity index is 0.00000324. The van der Waals surface area contributed by atoms with Crippen LogP contribution in [0.5, 0.6) is 0 Å². The van der Waals surface area contributed by atoms with Gasteiger partial charge in [0, 0.05) is 5.02 Å². The summed E-state index contributed by atoms with van der Waals surface area (Å²) in [6.07, 6.45) is -1.87. The summed E-state index contributed by atoms with van der Waals surface area (Å²) < 4.78 is 0. The Bertz CT molecular complexity index is 456. The number of aliphatic hydroxyl groups excluding tert-OH is 1. The molecule has 19 heavy (non-hydrogen) atoms. The summed E-state index contributed by atoms with van der Waals surface area (Å²) in [5, 5.41) is 31.5. The van der Waals surface area contributed by atoms with Crippen LogP contribution in [0.1, 0.15) is 11.6 Å². The zero-order valence-corrected chi connectivity index (χ0v) is 14.0. The first-order chi connectivity index (χ1) is 8.41. The Morgan fingerprint density at radius 3 is 2.53 bits per heavy atom. The molecular weight excluding hydrogens is 301 g/mol. The van der Waals surface area contributed by atoms with Crippen LogP contribution in [0.3, 0.4) is 0 Å². The molecule has 2 atom stereocenters. The molecule has 0 spiro atoms. The van der Waals surface area contributed by atoms with Crippen molar-refractivity contribution >= 4 is 23.5 Å². The minimum Gasteiger partial charge on any atom is -0.547 e. The predicted molar refractivity (Wildman–Crippen MR) is 60.8 cm³/mol. The summed E-state index contributed by atoms with van der Waals surface area (Å²) in [4.78, 5) is 21.1. The van der Waals surface area contributed by atoms with Crippen LogP contribution in [0, 0.1) is 0 Å². The van der Waals surface area contributed by atoms with Crippen LogP contribution in [0.15, 0.2) is 24.3 Å². The topological polar surface area (TPSA) is 110 Å². The third kappa shape index (κ3) is 6.33. The number of aliphatic carboxylic acids is 2. The van der Waals surface area contributed by atoms with E-state index in [-0.39, 0.29) is 51.4 Å². The maximum absolute atomic E-state index is 10.7. The number of hydrogen-bond donors (Lipinski definition) is 3. The van der Waals surface area contributed by atoms with E-state index in [1.165, 1.54) is 12.1 Å². The van der Waals surface area contributed by atoms with Crippen molar-refractivity contribution in [1.82, 2.24) is 5.32 Å². The number of carbonyl (C=O) groups excluding carboxylic acids is 1. The summed E-state index contributed by atoms with van der Waals surface area (Å²) in [6, 6.07) is 5.00. The molecule has 3 N–H and O–H groups in total. The summed E-state index contributed by atoms with van der Waals surface area (Å²) in [7, 11) is 0. The van der Waals surface area contributed by atoms with Gasteiger partial charge < -0.3 is 20.1 Å². The summed E-state index contributed by atoms with van der Waals surface area (Å²) in [6.45, 7) is -0.498. The number of carboxylic acid groups (broad SMARTS) is 2. The molecule has 0 aromatic heterocycles. The van der Waals surface area contributed by atoms with Crippen LogP contribution in [-0.2, 0) is 9.59 Å². The largest absolute Gasteiger partial charge is 1.00 e. The molecule has 8 heteroatoms. The average Bonchev–Trinajstić information content (AvgIpc) is 2.28. The number of benzene rings is 1. The van der Waals surface area contributed by atoms with Crippen molar-refractivity contribution in [3.63, 3.8) is 0 Å². The predicted octanol–water partition coefficient (Wildman–Crippen LogP) is -3.83. The minimum absolute atomic E-state index is 0. The van der Waals surface area contributed by atoms with E-state index in [2.05, 4.69) is 5.32 Å². The van der Waals surface area contributed by atoms with Crippen LogP contribution in [-0.4, -0.2) is 34.8 Å². The second kappa shape index (κ2) is 9.04. The van der Waals surface area contributed by atoms with Gasteiger partial charge in [0.05, 0.1) is 18.6 Å². The van der Waals surface area contributed by atoms with Gasteiger partial charge in [-0.1, -0.05) is 23.7 Å². The van der Waals surface area contributed by atoms with Gasteiger partial charge >= 0.3 is 57.4 Å². The van der Waals surface area contributed by atoms with Crippen LogP contribution in [0.4, 0.5) is 0 Å². The van der Waals surface area contributed by atoms with E-state index in [4.69, 9.17) is 16.7 Å². The molecule has 0 aliphatic carbocycles. The Hall–Kier alpha value is 0.00636. The average molecular weight is 312 g/mol. The van der Waals surface area contributed by atoms with Gasteiger partial charge in [-0.25, -0.2) is 0 Å². The van der Waals surface area contributed by atoms with Gasteiger partial charge in [-0.2, -0.15) is 0 Å². The fourth-order valence-corrected chi connectivity index (χ4v) is 1.64. The van der Waals surface area contributed by atoms with Crippen molar-refractivity contribution in [3.8, 4) is 0 Å². The van der Waals surface area contributed by atoms with Crippen LogP contribution in [0.2, 0.25) is 5.02 Å². The summed E-state index contributed by atoms with van der Waals surface area (Å²) in [5.41, 5.74) is 0.362. The van der Waals surface area contributed by atoms with Crippen molar-refractivity contribution in [1.29, 1.82) is 0 Å². The Kier molecular flexibility index (Phi) is 9.04. The van der Waals surface area contributed by atoms with E-state index >= 15 is 0 Å². The number of aliphatic hydroxyl groups is 1. The number of nitrogens with one attached hydrogen (secondary N) is 1. The number of carboxylic acids is 2. The fourth-order valence-electron chi connectivity index (χ4n) is 1.45. The Morgan fingerprint density at radius 1 is 1.42 bits per heavy atom. The van der Waals surface area contributed by atoms with Gasteiger partial charge in [0.2, 0.25) is 0 Å². The third-order valence-corrected chi connectivity index (χ3v) is 2.47. The first kappa shape index (κ1) is 19.0. The van der Waals surface area contributed by atoms with Crippen molar-refractivity contribution in [2.75, 3.05) is 6.54 Å². The molecule has 0 saturated carbocycles. The molecule has 0 saturated heterocycles. The third-order valence-electron chi connectivity index (χ3n) is 2.24. The van der Waals surface area contributed by atoms with Crippen molar-refractivity contribution < 1.29 is 76.3 Å². The van der Waals surface area contributed by atoms with Crippen LogP contribution in [0.25, 0.3) is 0 Å². The molecule has 1 aromatic rings. The van der Waals surface area contributed by atoms with E-state index in [1.807, 2.05) is 0 Å². The molecule has 0 fully saturated rings. The second-order valence-electron chi connectivity index (χ2n) is 3.57. The quantitative estimate of drug-likeness (QED) is 0.464. The van der Waals surface area contributed by atoms with E-state index < -0.39 is 30.6 Å². The van der Waals surface area contributed by atoms with Gasteiger partial charge in [-0.05, 0) is 17.7 Å². The molecule has 0 aliphatic heterocycles. The summed E-state index contributed by atoms with van der Waals surface area (Å²) >= 11 is 5.75. The van der Waals surface area contributed by atoms with E-state index in [9.17, 15) is 19.8 Å². The first-order valence-corrected chi connectivity index (χ1v) is 5.39. The molecule has 98 valence electrons. The summed E-state index contributed by atoms with van der Waals surface area (Å²) in [5.74, 6) is -2.87. The van der Waals surface area contributed by atoms with Gasteiger partial charge in [-0.3, -0.25) is 10.1 Å². The molecular formula is C11H11ClKNO5. The molecule has 1 rings (SSSR count). The molecule has 0 radical (unpaired) electrons. The molecule has 0 amide bonds.